The van der Waals surface area contributed by atoms with Gasteiger partial charge in [-0.1, -0.05) is 96.8 Å². The summed E-state index contributed by atoms with van der Waals surface area (Å²) in [6.45, 7) is 4.08. The van der Waals surface area contributed by atoms with E-state index < -0.39 is 5.63 Å². The van der Waals surface area contributed by atoms with Gasteiger partial charge in [0.15, 0.2) is 0 Å². The van der Waals surface area contributed by atoms with Gasteiger partial charge in [-0.3, -0.25) is 0 Å². The summed E-state index contributed by atoms with van der Waals surface area (Å²) in [7, 11) is 0. The number of aryl methyl sites for hydroxylation is 1. The molecule has 0 unspecified atom stereocenters. The van der Waals surface area contributed by atoms with Gasteiger partial charge in [0.2, 0.25) is 0 Å². The van der Waals surface area contributed by atoms with E-state index in [2.05, 4.69) is 6.92 Å². The molecular weight excluding hydrogens is 324 g/mol. The highest BCUT2D eigenvalue weighted by Crippen LogP contribution is 2.19. The average Bonchev–Trinajstić information content (AvgIpc) is 2.62. The van der Waals surface area contributed by atoms with Crippen molar-refractivity contribution in [2.24, 2.45) is 0 Å². The first-order chi connectivity index (χ1) is 12.6. The second-order valence-electron chi connectivity index (χ2n) is 7.70. The van der Waals surface area contributed by atoms with Crippen molar-refractivity contribution in [2.75, 3.05) is 0 Å². The van der Waals surface area contributed by atoms with Crippen molar-refractivity contribution in [3.05, 3.63) is 27.8 Å². The summed E-state index contributed by atoms with van der Waals surface area (Å²) in [4.78, 5) is 11.3. The third kappa shape index (κ3) is 10.7. The Morgan fingerprint density at radius 3 is 1.65 bits per heavy atom. The van der Waals surface area contributed by atoms with E-state index in [4.69, 9.17) is 4.42 Å². The van der Waals surface area contributed by atoms with Crippen LogP contribution in [0.4, 0.5) is 0 Å². The number of unbranched alkanes of at least 4 members (excludes halogenated alkanes) is 14. The van der Waals surface area contributed by atoms with Gasteiger partial charge >= 0.3 is 5.63 Å². The summed E-state index contributed by atoms with van der Waals surface area (Å²) < 4.78 is 5.19. The average molecular weight is 365 g/mol. The molecule has 0 bridgehead atoms. The summed E-state index contributed by atoms with van der Waals surface area (Å²) in [5.41, 5.74) is 0.249. The SMILES string of the molecule is CCCCCCCCCCCCCCCCCc1oc(=O)cc(O)c1C. The predicted octanol–water partition coefficient (Wildman–Crippen LogP) is 7.07. The van der Waals surface area contributed by atoms with Gasteiger partial charge in [0.05, 0.1) is 6.07 Å². The normalized spacial score (nSPS) is 11.2. The van der Waals surface area contributed by atoms with Gasteiger partial charge in [0.1, 0.15) is 11.5 Å². The van der Waals surface area contributed by atoms with E-state index in [0.29, 0.717) is 11.3 Å². The van der Waals surface area contributed by atoms with Gasteiger partial charge < -0.3 is 9.52 Å². The second-order valence-corrected chi connectivity index (χ2v) is 7.70. The molecule has 3 heteroatoms. The molecule has 0 aliphatic carbocycles. The molecular formula is C23H40O3. The molecule has 1 aromatic rings. The molecule has 26 heavy (non-hydrogen) atoms. The van der Waals surface area contributed by atoms with Gasteiger partial charge in [-0.05, 0) is 13.3 Å². The van der Waals surface area contributed by atoms with Crippen LogP contribution in [-0.4, -0.2) is 5.11 Å². The number of hydrogen-bond acceptors (Lipinski definition) is 3. The van der Waals surface area contributed by atoms with Crippen molar-refractivity contribution >= 4 is 0 Å². The largest absolute Gasteiger partial charge is 0.507 e. The molecule has 1 heterocycles. The molecule has 0 fully saturated rings. The van der Waals surface area contributed by atoms with Crippen LogP contribution in [0.5, 0.6) is 5.75 Å². The van der Waals surface area contributed by atoms with Gasteiger partial charge in [0.25, 0.3) is 0 Å². The Bertz CT molecular complexity index is 519. The first-order valence-electron chi connectivity index (χ1n) is 11.0. The lowest BCUT2D eigenvalue weighted by atomic mass is 10.0. The summed E-state index contributed by atoms with van der Waals surface area (Å²) in [5.74, 6) is 0.696. The Balaban J connectivity index is 1.89. The summed E-state index contributed by atoms with van der Waals surface area (Å²) in [6.07, 6.45) is 20.9. The Morgan fingerprint density at radius 1 is 0.769 bits per heavy atom. The molecule has 0 saturated carbocycles. The van der Waals surface area contributed by atoms with Crippen LogP contribution < -0.4 is 5.63 Å². The van der Waals surface area contributed by atoms with Crippen molar-refractivity contribution in [2.45, 2.75) is 117 Å². The van der Waals surface area contributed by atoms with E-state index in [9.17, 15) is 9.90 Å². The molecule has 0 aromatic carbocycles. The van der Waals surface area contributed by atoms with Crippen molar-refractivity contribution in [1.29, 1.82) is 0 Å². The quantitative estimate of drug-likeness (QED) is 0.319. The molecule has 0 amide bonds. The molecule has 0 atom stereocenters. The van der Waals surface area contributed by atoms with Crippen LogP contribution in [0.25, 0.3) is 0 Å². The maximum atomic E-state index is 11.3. The molecule has 0 spiro atoms. The Kier molecular flexibility index (Phi) is 13.0. The summed E-state index contributed by atoms with van der Waals surface area (Å²) in [6, 6.07) is 1.14. The van der Waals surface area contributed by atoms with Crippen LogP contribution in [0.15, 0.2) is 15.3 Å². The van der Waals surface area contributed by atoms with E-state index >= 15 is 0 Å². The monoisotopic (exact) mass is 364 g/mol. The van der Waals surface area contributed by atoms with Crippen molar-refractivity contribution < 1.29 is 9.52 Å². The van der Waals surface area contributed by atoms with E-state index in [1.165, 1.54) is 83.5 Å². The first-order valence-corrected chi connectivity index (χ1v) is 11.0. The van der Waals surface area contributed by atoms with Gasteiger partial charge in [-0.25, -0.2) is 4.79 Å². The highest BCUT2D eigenvalue weighted by atomic mass is 16.4. The third-order valence-corrected chi connectivity index (χ3v) is 5.29. The van der Waals surface area contributed by atoms with Crippen molar-refractivity contribution in [1.82, 2.24) is 0 Å². The highest BCUT2D eigenvalue weighted by molar-refractivity contribution is 5.31. The zero-order valence-electron chi connectivity index (χ0n) is 17.2. The summed E-state index contributed by atoms with van der Waals surface area (Å²) >= 11 is 0. The van der Waals surface area contributed by atoms with E-state index in [-0.39, 0.29) is 5.75 Å². The highest BCUT2D eigenvalue weighted by Gasteiger charge is 2.07. The molecule has 1 N–H and O–H groups in total. The smallest absolute Gasteiger partial charge is 0.339 e. The van der Waals surface area contributed by atoms with Crippen LogP contribution in [0.1, 0.15) is 115 Å². The van der Waals surface area contributed by atoms with Crippen LogP contribution in [0.3, 0.4) is 0 Å². The number of rotatable bonds is 16. The fourth-order valence-electron chi connectivity index (χ4n) is 3.49. The third-order valence-electron chi connectivity index (χ3n) is 5.29. The van der Waals surface area contributed by atoms with Gasteiger partial charge in [-0.2, -0.15) is 0 Å². The fourth-order valence-corrected chi connectivity index (χ4v) is 3.49. The molecule has 3 nitrogen and oxygen atoms in total. The minimum Gasteiger partial charge on any atom is -0.507 e. The zero-order valence-corrected chi connectivity index (χ0v) is 17.2. The molecule has 1 aromatic heterocycles. The number of aromatic hydroxyl groups is 1. The first kappa shape index (κ1) is 22.8. The van der Waals surface area contributed by atoms with Crippen LogP contribution in [0.2, 0.25) is 0 Å². The van der Waals surface area contributed by atoms with E-state index in [1.54, 1.807) is 6.92 Å². The Morgan fingerprint density at radius 2 is 1.19 bits per heavy atom. The maximum absolute atomic E-state index is 11.3. The Hall–Kier alpha value is -1.25. The lowest BCUT2D eigenvalue weighted by Crippen LogP contribution is -2.02. The molecule has 0 aliphatic rings. The van der Waals surface area contributed by atoms with Crippen LogP contribution in [-0.2, 0) is 6.42 Å². The zero-order chi connectivity index (χ0) is 19.0. The van der Waals surface area contributed by atoms with Crippen molar-refractivity contribution in [3.63, 3.8) is 0 Å². The Labute approximate surface area is 160 Å². The second kappa shape index (κ2) is 14.9. The van der Waals surface area contributed by atoms with E-state index in [1.807, 2.05) is 0 Å². The molecule has 0 radical (unpaired) electrons. The minimum absolute atomic E-state index is 0.0530. The van der Waals surface area contributed by atoms with Crippen LogP contribution >= 0.6 is 0 Å². The van der Waals surface area contributed by atoms with Crippen LogP contribution in [0, 0.1) is 6.92 Å². The standard InChI is InChI=1S/C23H40O3/c1-3-4-5-6-7-8-9-10-11-12-13-14-15-16-17-18-22-20(2)21(24)19-23(25)26-22/h19,24H,3-18H2,1-2H3. The fraction of sp³-hybridized carbons (Fsp3) is 0.783. The van der Waals surface area contributed by atoms with E-state index in [0.717, 1.165) is 25.3 Å². The van der Waals surface area contributed by atoms with Crippen molar-refractivity contribution in [3.8, 4) is 5.75 Å². The minimum atomic E-state index is -0.455. The lowest BCUT2D eigenvalue weighted by Gasteiger charge is -2.06. The molecule has 0 saturated heterocycles. The summed E-state index contributed by atoms with van der Waals surface area (Å²) in [5, 5.41) is 9.65. The molecule has 150 valence electrons. The molecule has 0 aliphatic heterocycles. The molecule has 1 rings (SSSR count). The maximum Gasteiger partial charge on any atom is 0.339 e. The number of hydrogen-bond donors (Lipinski definition) is 1. The predicted molar refractivity (Wildman–Crippen MR) is 110 cm³/mol. The van der Waals surface area contributed by atoms with Gasteiger partial charge in [0, 0.05) is 12.0 Å². The lowest BCUT2D eigenvalue weighted by molar-refractivity contribution is 0.411. The topological polar surface area (TPSA) is 50.4 Å². The van der Waals surface area contributed by atoms with Gasteiger partial charge in [-0.15, -0.1) is 0 Å².